The highest BCUT2D eigenvalue weighted by Crippen LogP contribution is 2.26. The molecule has 0 unspecified atom stereocenters. The Balaban J connectivity index is 1.81. The largest absolute Gasteiger partial charge is 0.469 e. The molecule has 8 heteroatoms. The normalized spacial score (nSPS) is 12.1. The Kier molecular flexibility index (Phi) is 5.22. The molecule has 2 aromatic heterocycles. The number of carbonyl (C=O) groups excluding carboxylic acids is 2. The van der Waals surface area contributed by atoms with Crippen LogP contribution in [0.5, 0.6) is 0 Å². The molecule has 0 saturated carbocycles. The minimum absolute atomic E-state index is 0.0755. The van der Waals surface area contributed by atoms with Gasteiger partial charge in [0.05, 0.1) is 24.5 Å². The van der Waals surface area contributed by atoms with Crippen LogP contribution in [0, 0.1) is 0 Å². The van der Waals surface area contributed by atoms with Gasteiger partial charge < -0.3 is 14.7 Å². The number of thioether (sulfide) groups is 1. The number of ketones is 1. The first-order valence-corrected chi connectivity index (χ1v) is 8.80. The van der Waals surface area contributed by atoms with Crippen molar-refractivity contribution in [3.8, 4) is 0 Å². The maximum Gasteiger partial charge on any atom is 0.311 e. The zero-order valence-corrected chi connectivity index (χ0v) is 15.1. The van der Waals surface area contributed by atoms with E-state index in [2.05, 4.69) is 19.7 Å². The molecule has 0 saturated heterocycles. The van der Waals surface area contributed by atoms with Gasteiger partial charge in [-0.3, -0.25) is 14.4 Å². The first-order chi connectivity index (χ1) is 12.5. The number of fused-ring (bicyclic) bond motifs is 1. The highest BCUT2D eigenvalue weighted by molar-refractivity contribution is 8.00. The lowest BCUT2D eigenvalue weighted by Crippen LogP contribution is -2.17. The van der Waals surface area contributed by atoms with Gasteiger partial charge in [0.1, 0.15) is 0 Å². The first kappa shape index (κ1) is 17.9. The molecule has 1 aromatic carbocycles. The zero-order chi connectivity index (χ0) is 18.7. The van der Waals surface area contributed by atoms with Crippen molar-refractivity contribution in [2.24, 2.45) is 0 Å². The second-order valence-electron chi connectivity index (χ2n) is 5.67. The number of hydrogen-bond acceptors (Lipinski definition) is 6. The van der Waals surface area contributed by atoms with Crippen molar-refractivity contribution >= 4 is 34.4 Å². The van der Waals surface area contributed by atoms with Crippen LogP contribution in [0.1, 0.15) is 23.0 Å². The van der Waals surface area contributed by atoms with Crippen LogP contribution in [0.25, 0.3) is 10.9 Å². The highest BCUT2D eigenvalue weighted by atomic mass is 32.2. The number of H-pyrrole nitrogens is 2. The molecule has 0 amide bonds. The van der Waals surface area contributed by atoms with E-state index in [0.29, 0.717) is 11.3 Å². The molecule has 26 heavy (non-hydrogen) atoms. The summed E-state index contributed by atoms with van der Waals surface area (Å²) >= 11 is 1.14. The lowest BCUT2D eigenvalue weighted by atomic mass is 10.1. The molecule has 1 atom stereocenters. The molecule has 3 aromatic rings. The number of carbonyl (C=O) groups is 2. The molecule has 2 N–H and O–H groups in total. The first-order valence-electron chi connectivity index (χ1n) is 7.92. The third-order valence-corrected chi connectivity index (χ3v) is 4.82. The Morgan fingerprint density at radius 3 is 2.85 bits per heavy atom. The second-order valence-corrected chi connectivity index (χ2v) is 7.00. The summed E-state index contributed by atoms with van der Waals surface area (Å²) in [5.41, 5.74) is 1.40. The highest BCUT2D eigenvalue weighted by Gasteiger charge is 2.21. The fourth-order valence-corrected chi connectivity index (χ4v) is 3.46. The fraction of sp³-hybridized carbons (Fsp3) is 0.222. The van der Waals surface area contributed by atoms with Gasteiger partial charge in [0.15, 0.2) is 10.9 Å². The van der Waals surface area contributed by atoms with Crippen LogP contribution in [0.2, 0.25) is 0 Å². The Morgan fingerprint density at radius 1 is 1.31 bits per heavy atom. The van der Waals surface area contributed by atoms with Gasteiger partial charge in [0.25, 0.3) is 5.56 Å². The molecule has 0 aliphatic rings. The van der Waals surface area contributed by atoms with Crippen LogP contribution in [-0.2, 0) is 16.0 Å². The van der Waals surface area contributed by atoms with E-state index < -0.39 is 11.2 Å². The van der Waals surface area contributed by atoms with Gasteiger partial charge in [-0.15, -0.1) is 0 Å². The van der Waals surface area contributed by atoms with Gasteiger partial charge in [-0.2, -0.15) is 0 Å². The number of para-hydroxylation sites is 1. The van der Waals surface area contributed by atoms with E-state index in [0.717, 1.165) is 22.7 Å². The van der Waals surface area contributed by atoms with Crippen molar-refractivity contribution in [1.82, 2.24) is 15.0 Å². The van der Waals surface area contributed by atoms with Crippen molar-refractivity contribution in [2.45, 2.75) is 23.8 Å². The maximum atomic E-state index is 12.8. The summed E-state index contributed by atoms with van der Waals surface area (Å²) in [4.78, 5) is 45.8. The summed E-state index contributed by atoms with van der Waals surface area (Å²) in [6, 6.07) is 8.80. The standard InChI is InChI=1S/C18H17N3O4S/c1-10(17(24)13-9-19-14-6-4-3-5-12(13)14)26-18-20-11(7-15(22)21-18)8-16(23)25-2/h3-7,9-10,19H,8H2,1-2H3,(H,20,21,22)/t10-/m1/s1. The van der Waals surface area contributed by atoms with Gasteiger partial charge in [-0.1, -0.05) is 30.0 Å². The number of nitrogens with zero attached hydrogens (tertiary/aromatic N) is 1. The van der Waals surface area contributed by atoms with E-state index in [1.54, 1.807) is 13.1 Å². The van der Waals surface area contributed by atoms with Gasteiger partial charge in [-0.25, -0.2) is 4.98 Å². The number of benzene rings is 1. The van der Waals surface area contributed by atoms with Gasteiger partial charge in [-0.05, 0) is 13.0 Å². The second kappa shape index (κ2) is 7.57. The van der Waals surface area contributed by atoms with Gasteiger partial charge in [0, 0.05) is 28.7 Å². The summed E-state index contributed by atoms with van der Waals surface area (Å²) in [5, 5.41) is 0.675. The van der Waals surface area contributed by atoms with Crippen molar-refractivity contribution < 1.29 is 14.3 Å². The predicted octanol–water partition coefficient (Wildman–Crippen LogP) is 2.33. The minimum Gasteiger partial charge on any atom is -0.469 e. The van der Waals surface area contributed by atoms with E-state index in [1.165, 1.54) is 13.2 Å². The summed E-state index contributed by atoms with van der Waals surface area (Å²) in [6.07, 6.45) is 1.59. The van der Waals surface area contributed by atoms with Crippen LogP contribution in [0.15, 0.2) is 46.5 Å². The average Bonchev–Trinajstić information content (AvgIpc) is 3.04. The Hall–Kier alpha value is -2.87. The quantitative estimate of drug-likeness (QED) is 0.298. The zero-order valence-electron chi connectivity index (χ0n) is 14.2. The van der Waals surface area contributed by atoms with E-state index in [4.69, 9.17) is 0 Å². The van der Waals surface area contributed by atoms with Crippen LogP contribution < -0.4 is 5.56 Å². The Bertz CT molecular complexity index is 1020. The van der Waals surface area contributed by atoms with Crippen LogP contribution in [-0.4, -0.2) is 39.1 Å². The summed E-state index contributed by atoms with van der Waals surface area (Å²) in [5.74, 6) is -0.560. The molecule has 0 bridgehead atoms. The molecule has 7 nitrogen and oxygen atoms in total. The summed E-state index contributed by atoms with van der Waals surface area (Å²) in [6.45, 7) is 1.75. The maximum absolute atomic E-state index is 12.8. The van der Waals surface area contributed by atoms with Crippen molar-refractivity contribution in [3.05, 3.63) is 58.1 Å². The SMILES string of the molecule is COC(=O)Cc1cc(=O)[nH]c(S[C@H](C)C(=O)c2c[nH]c3ccccc23)n1. The fourth-order valence-electron chi connectivity index (χ4n) is 2.57. The lowest BCUT2D eigenvalue weighted by Gasteiger charge is -2.09. The van der Waals surface area contributed by atoms with E-state index >= 15 is 0 Å². The molecule has 0 fully saturated rings. The number of Topliss-reactive ketones (excluding diaryl/α,β-unsaturated/α-hetero) is 1. The molecular formula is C18H17N3O4S. The molecule has 2 heterocycles. The molecular weight excluding hydrogens is 354 g/mol. The number of rotatable bonds is 6. The number of aromatic amines is 2. The monoisotopic (exact) mass is 371 g/mol. The summed E-state index contributed by atoms with van der Waals surface area (Å²) in [7, 11) is 1.27. The number of hydrogen-bond donors (Lipinski definition) is 2. The number of esters is 1. The van der Waals surface area contributed by atoms with Crippen molar-refractivity contribution in [1.29, 1.82) is 0 Å². The van der Waals surface area contributed by atoms with Gasteiger partial charge in [0.2, 0.25) is 0 Å². The Morgan fingerprint density at radius 2 is 2.08 bits per heavy atom. The molecule has 3 rings (SSSR count). The molecule has 134 valence electrons. The van der Waals surface area contributed by atoms with Crippen LogP contribution in [0.4, 0.5) is 0 Å². The smallest absolute Gasteiger partial charge is 0.311 e. The van der Waals surface area contributed by atoms with Crippen molar-refractivity contribution in [2.75, 3.05) is 7.11 Å². The van der Waals surface area contributed by atoms with Gasteiger partial charge >= 0.3 is 5.97 Å². The summed E-state index contributed by atoms with van der Waals surface area (Å²) < 4.78 is 4.59. The van der Waals surface area contributed by atoms with Crippen LogP contribution in [0.3, 0.4) is 0 Å². The third kappa shape index (κ3) is 3.85. The number of aromatic nitrogens is 3. The Labute approximate surface area is 153 Å². The average molecular weight is 371 g/mol. The van der Waals surface area contributed by atoms with Crippen LogP contribution >= 0.6 is 11.8 Å². The molecule has 0 aliphatic heterocycles. The number of nitrogens with one attached hydrogen (secondary N) is 2. The minimum atomic E-state index is -0.484. The topological polar surface area (TPSA) is 105 Å². The predicted molar refractivity (Wildman–Crippen MR) is 98.5 cm³/mol. The van der Waals surface area contributed by atoms with Crippen molar-refractivity contribution in [3.63, 3.8) is 0 Å². The van der Waals surface area contributed by atoms with E-state index in [1.807, 2.05) is 24.3 Å². The molecule has 0 spiro atoms. The number of ether oxygens (including phenoxy) is 1. The number of methoxy groups -OCH3 is 1. The van der Waals surface area contributed by atoms with E-state index in [-0.39, 0.29) is 22.9 Å². The lowest BCUT2D eigenvalue weighted by molar-refractivity contribution is -0.139. The molecule has 0 radical (unpaired) electrons. The van der Waals surface area contributed by atoms with E-state index in [9.17, 15) is 14.4 Å². The third-order valence-electron chi connectivity index (χ3n) is 3.84. The molecule has 0 aliphatic carbocycles.